The van der Waals surface area contributed by atoms with E-state index in [9.17, 15) is 4.79 Å². The summed E-state index contributed by atoms with van der Waals surface area (Å²) in [5, 5.41) is 0.223. The molecule has 0 unspecified atom stereocenters. The molecule has 4 heteroatoms. The van der Waals surface area contributed by atoms with Gasteiger partial charge in [0.05, 0.1) is 18.8 Å². The van der Waals surface area contributed by atoms with Crippen LogP contribution in [0.15, 0.2) is 0 Å². The van der Waals surface area contributed by atoms with E-state index in [0.717, 1.165) is 19.1 Å². The van der Waals surface area contributed by atoms with Crippen molar-refractivity contribution in [3.05, 3.63) is 0 Å². The van der Waals surface area contributed by atoms with Gasteiger partial charge in [-0.25, -0.2) is 0 Å². The minimum Gasteiger partial charge on any atom is -0.411 e. The Hall–Kier alpha value is -0.193. The molecule has 0 aromatic rings. The zero-order valence-corrected chi connectivity index (χ0v) is 14.4. The molecule has 1 fully saturated rings. The molecular formula is C15H30O3Si. The van der Waals surface area contributed by atoms with Crippen molar-refractivity contribution in [3.63, 3.8) is 0 Å². The van der Waals surface area contributed by atoms with Gasteiger partial charge in [0.25, 0.3) is 0 Å². The van der Waals surface area contributed by atoms with Crippen molar-refractivity contribution >= 4 is 14.6 Å². The molecule has 1 saturated heterocycles. The summed E-state index contributed by atoms with van der Waals surface area (Å²) in [4.78, 5) is 10.6. The van der Waals surface area contributed by atoms with E-state index in [0.29, 0.717) is 18.9 Å². The maximum atomic E-state index is 10.6. The summed E-state index contributed by atoms with van der Waals surface area (Å²) in [6.07, 6.45) is 3.91. The predicted octanol–water partition coefficient (Wildman–Crippen LogP) is 3.78. The van der Waals surface area contributed by atoms with Crippen LogP contribution in [0, 0.1) is 5.92 Å². The highest BCUT2D eigenvalue weighted by atomic mass is 28.4. The van der Waals surface area contributed by atoms with E-state index in [1.165, 1.54) is 0 Å². The Kier molecular flexibility index (Phi) is 5.77. The molecule has 0 amide bonds. The van der Waals surface area contributed by atoms with Crippen LogP contribution in [0.2, 0.25) is 18.1 Å². The fourth-order valence-electron chi connectivity index (χ4n) is 2.26. The average molecular weight is 286 g/mol. The largest absolute Gasteiger partial charge is 0.411 e. The Morgan fingerprint density at radius 2 is 2.05 bits per heavy atom. The SMILES string of the molecule is CC[C@H](O[Si](C)(C)C(C)(C)C)[C@@H]1C[C@@H](CC=O)CO1. The van der Waals surface area contributed by atoms with Gasteiger partial charge in [-0.2, -0.15) is 0 Å². The van der Waals surface area contributed by atoms with Gasteiger partial charge in [-0.15, -0.1) is 0 Å². The molecule has 1 aliphatic heterocycles. The second kappa shape index (κ2) is 6.51. The number of carbonyl (C=O) groups is 1. The monoisotopic (exact) mass is 286 g/mol. The van der Waals surface area contributed by atoms with Crippen molar-refractivity contribution in [2.24, 2.45) is 5.92 Å². The van der Waals surface area contributed by atoms with Gasteiger partial charge in [-0.1, -0.05) is 27.7 Å². The lowest BCUT2D eigenvalue weighted by Crippen LogP contribution is -2.46. The van der Waals surface area contributed by atoms with E-state index < -0.39 is 8.32 Å². The maximum absolute atomic E-state index is 10.6. The van der Waals surface area contributed by atoms with Crippen molar-refractivity contribution < 1.29 is 14.0 Å². The number of ether oxygens (including phenoxy) is 1. The molecule has 0 spiro atoms. The van der Waals surface area contributed by atoms with Gasteiger partial charge in [0.15, 0.2) is 8.32 Å². The lowest BCUT2D eigenvalue weighted by atomic mass is 9.99. The van der Waals surface area contributed by atoms with Crippen LogP contribution >= 0.6 is 0 Å². The predicted molar refractivity (Wildman–Crippen MR) is 80.9 cm³/mol. The molecule has 19 heavy (non-hydrogen) atoms. The highest BCUT2D eigenvalue weighted by Gasteiger charge is 2.41. The number of carbonyl (C=O) groups excluding carboxylic acids is 1. The molecule has 3 atom stereocenters. The zero-order valence-electron chi connectivity index (χ0n) is 13.4. The Morgan fingerprint density at radius 3 is 2.53 bits per heavy atom. The van der Waals surface area contributed by atoms with Gasteiger partial charge < -0.3 is 14.0 Å². The summed E-state index contributed by atoms with van der Waals surface area (Å²) in [6.45, 7) is 14.2. The van der Waals surface area contributed by atoms with Crippen molar-refractivity contribution in [3.8, 4) is 0 Å². The van der Waals surface area contributed by atoms with Crippen LogP contribution in [0.1, 0.15) is 47.0 Å². The second-order valence-electron chi connectivity index (χ2n) is 7.20. The molecule has 0 saturated carbocycles. The van der Waals surface area contributed by atoms with Crippen molar-refractivity contribution in [2.45, 2.75) is 77.3 Å². The maximum Gasteiger partial charge on any atom is 0.192 e. The third-order valence-corrected chi connectivity index (χ3v) is 9.11. The van der Waals surface area contributed by atoms with Gasteiger partial charge in [0, 0.05) is 6.42 Å². The van der Waals surface area contributed by atoms with E-state index >= 15 is 0 Å². The first-order chi connectivity index (χ1) is 8.71. The molecule has 0 radical (unpaired) electrons. The van der Waals surface area contributed by atoms with E-state index in [1.807, 2.05) is 0 Å². The zero-order chi connectivity index (χ0) is 14.7. The molecule has 0 aliphatic carbocycles. The summed E-state index contributed by atoms with van der Waals surface area (Å²) >= 11 is 0. The van der Waals surface area contributed by atoms with Crippen molar-refractivity contribution in [2.75, 3.05) is 6.61 Å². The third kappa shape index (κ3) is 4.40. The fraction of sp³-hybridized carbons (Fsp3) is 0.933. The summed E-state index contributed by atoms with van der Waals surface area (Å²) in [5.74, 6) is 0.388. The van der Waals surface area contributed by atoms with Gasteiger partial charge >= 0.3 is 0 Å². The molecule has 0 bridgehead atoms. The lowest BCUT2D eigenvalue weighted by Gasteiger charge is -2.40. The van der Waals surface area contributed by atoms with Crippen LogP contribution in [-0.2, 0) is 14.0 Å². The Balaban J connectivity index is 2.62. The van der Waals surface area contributed by atoms with Crippen LogP contribution in [0.5, 0.6) is 0 Å². The van der Waals surface area contributed by atoms with Crippen LogP contribution in [0.4, 0.5) is 0 Å². The fourth-order valence-corrected chi connectivity index (χ4v) is 3.69. The number of hydrogen-bond donors (Lipinski definition) is 0. The van der Waals surface area contributed by atoms with Crippen LogP contribution in [-0.4, -0.2) is 33.4 Å². The molecule has 0 aromatic carbocycles. The first-order valence-corrected chi connectivity index (χ1v) is 10.3. The van der Waals surface area contributed by atoms with Crippen molar-refractivity contribution in [1.29, 1.82) is 0 Å². The van der Waals surface area contributed by atoms with E-state index in [2.05, 4.69) is 40.8 Å². The lowest BCUT2D eigenvalue weighted by molar-refractivity contribution is -0.108. The minimum atomic E-state index is -1.75. The first-order valence-electron chi connectivity index (χ1n) is 7.44. The normalized spacial score (nSPS) is 26.4. The van der Waals surface area contributed by atoms with Gasteiger partial charge in [0.2, 0.25) is 0 Å². The van der Waals surface area contributed by atoms with E-state index in [1.54, 1.807) is 0 Å². The van der Waals surface area contributed by atoms with Crippen LogP contribution in [0.3, 0.4) is 0 Å². The molecule has 3 nitrogen and oxygen atoms in total. The Morgan fingerprint density at radius 1 is 1.42 bits per heavy atom. The second-order valence-corrected chi connectivity index (χ2v) is 12.0. The van der Waals surface area contributed by atoms with E-state index in [-0.39, 0.29) is 17.2 Å². The average Bonchev–Trinajstić information content (AvgIpc) is 2.73. The highest BCUT2D eigenvalue weighted by Crippen LogP contribution is 2.39. The number of rotatable bonds is 6. The Labute approximate surface area is 119 Å². The van der Waals surface area contributed by atoms with Gasteiger partial charge in [0.1, 0.15) is 6.29 Å². The minimum absolute atomic E-state index is 0.170. The summed E-state index contributed by atoms with van der Waals surface area (Å²) in [6, 6.07) is 0. The third-order valence-electron chi connectivity index (χ3n) is 4.61. The number of hydrogen-bond acceptors (Lipinski definition) is 3. The highest BCUT2D eigenvalue weighted by molar-refractivity contribution is 6.74. The van der Waals surface area contributed by atoms with E-state index in [4.69, 9.17) is 9.16 Å². The van der Waals surface area contributed by atoms with Gasteiger partial charge in [-0.05, 0) is 36.9 Å². The summed E-state index contributed by atoms with van der Waals surface area (Å²) in [7, 11) is -1.75. The van der Waals surface area contributed by atoms with Crippen LogP contribution < -0.4 is 0 Å². The molecule has 1 aliphatic rings. The molecule has 112 valence electrons. The molecule has 1 heterocycles. The smallest absolute Gasteiger partial charge is 0.192 e. The molecule has 1 rings (SSSR count). The summed E-state index contributed by atoms with van der Waals surface area (Å²) < 4.78 is 12.4. The van der Waals surface area contributed by atoms with Crippen molar-refractivity contribution in [1.82, 2.24) is 0 Å². The van der Waals surface area contributed by atoms with Crippen LogP contribution in [0.25, 0.3) is 0 Å². The van der Waals surface area contributed by atoms with Gasteiger partial charge in [-0.3, -0.25) is 0 Å². The first kappa shape index (κ1) is 16.9. The summed E-state index contributed by atoms with van der Waals surface area (Å²) in [5.41, 5.74) is 0. The molecular weight excluding hydrogens is 256 g/mol. The number of aldehydes is 1. The molecule has 0 aromatic heterocycles. The Bertz CT molecular complexity index is 296. The molecule has 0 N–H and O–H groups in total. The standard InChI is InChI=1S/C15H30O3Si/c1-7-13(18-19(5,6)15(2,3)4)14-10-12(8-9-16)11-17-14/h9,12-14H,7-8,10-11H2,1-6H3/t12-,13+,14+/m1/s1. The topological polar surface area (TPSA) is 35.5 Å². The quantitative estimate of drug-likeness (QED) is 0.550.